The molecule has 3 heterocycles. The molecule has 1 atom stereocenters. The Morgan fingerprint density at radius 1 is 1.33 bits per heavy atom. The van der Waals surface area contributed by atoms with Crippen LogP contribution in [0.3, 0.4) is 0 Å². The van der Waals surface area contributed by atoms with Gasteiger partial charge in [-0.3, -0.25) is 4.79 Å². The zero-order valence-corrected chi connectivity index (χ0v) is 15.6. The van der Waals surface area contributed by atoms with Crippen LogP contribution >= 0.6 is 0 Å². The number of ether oxygens (including phenoxy) is 3. The van der Waals surface area contributed by atoms with Crippen LogP contribution in [0.1, 0.15) is 38.5 Å². The minimum atomic E-state index is -0.447. The molecule has 0 N–H and O–H groups in total. The molecule has 3 aliphatic rings. The Kier molecular flexibility index (Phi) is 5.59. The van der Waals surface area contributed by atoms with E-state index in [0.717, 1.165) is 25.7 Å². The van der Waals surface area contributed by atoms with Crippen LogP contribution in [0.2, 0.25) is 0 Å². The molecule has 3 fully saturated rings. The van der Waals surface area contributed by atoms with E-state index in [4.69, 9.17) is 14.2 Å². The summed E-state index contributed by atoms with van der Waals surface area (Å²) in [5.41, 5.74) is -0.269. The number of carbonyl (C=O) groups is 1. The summed E-state index contributed by atoms with van der Waals surface area (Å²) in [6.45, 7) is 2.49. The number of carbonyl (C=O) groups excluding carboxylic acids is 1. The molecule has 27 heavy (non-hydrogen) atoms. The summed E-state index contributed by atoms with van der Waals surface area (Å²) in [4.78, 5) is 18.1. The van der Waals surface area contributed by atoms with Crippen LogP contribution in [-0.4, -0.2) is 60.4 Å². The molecular formula is C20H27FN2O4. The van der Waals surface area contributed by atoms with Crippen LogP contribution in [0.25, 0.3) is 0 Å². The molecule has 1 amide bonds. The zero-order chi connectivity index (χ0) is 18.7. The summed E-state index contributed by atoms with van der Waals surface area (Å²) < 4.78 is 30.8. The topological polar surface area (TPSA) is 60.9 Å². The number of rotatable bonds is 7. The number of pyridine rings is 1. The van der Waals surface area contributed by atoms with Gasteiger partial charge < -0.3 is 19.1 Å². The minimum Gasteiger partial charge on any atom is -0.476 e. The largest absolute Gasteiger partial charge is 0.476 e. The summed E-state index contributed by atoms with van der Waals surface area (Å²) in [5.74, 6) is -0.0461. The van der Waals surface area contributed by atoms with Crippen molar-refractivity contribution in [3.63, 3.8) is 0 Å². The molecule has 1 spiro atoms. The standard InChI is InChI=1S/C20H27FN2O4/c21-17-6-3-9-22-19(17)25-10-7-15-8-11-27-20(15)13-23(14-20)18(24)12-26-16-4-1-2-5-16/h3,6,9,15-16H,1-2,4-5,7-8,10-14H2/t15-/m0/s1. The highest BCUT2D eigenvalue weighted by Gasteiger charge is 2.54. The Hall–Kier alpha value is -1.73. The summed E-state index contributed by atoms with van der Waals surface area (Å²) in [7, 11) is 0. The number of amides is 1. The number of likely N-dealkylation sites (tertiary alicyclic amines) is 1. The van der Waals surface area contributed by atoms with E-state index in [-0.39, 0.29) is 30.1 Å². The van der Waals surface area contributed by atoms with Crippen LogP contribution in [-0.2, 0) is 14.3 Å². The molecule has 1 aromatic heterocycles. The fraction of sp³-hybridized carbons (Fsp3) is 0.700. The smallest absolute Gasteiger partial charge is 0.250 e. The normalized spacial score (nSPS) is 24.3. The third kappa shape index (κ3) is 4.09. The van der Waals surface area contributed by atoms with E-state index in [1.54, 1.807) is 6.07 Å². The second kappa shape index (κ2) is 8.10. The highest BCUT2D eigenvalue weighted by molar-refractivity contribution is 5.78. The number of aromatic nitrogens is 1. The van der Waals surface area contributed by atoms with Gasteiger partial charge in [0.25, 0.3) is 0 Å². The average Bonchev–Trinajstić information content (AvgIpc) is 3.29. The van der Waals surface area contributed by atoms with E-state index >= 15 is 0 Å². The van der Waals surface area contributed by atoms with Gasteiger partial charge in [0.2, 0.25) is 11.8 Å². The first-order chi connectivity index (χ1) is 13.2. The lowest BCUT2D eigenvalue weighted by Gasteiger charge is -2.50. The molecule has 2 saturated heterocycles. The van der Waals surface area contributed by atoms with Crippen LogP contribution in [0.5, 0.6) is 5.88 Å². The lowest BCUT2D eigenvalue weighted by Crippen LogP contribution is -2.66. The van der Waals surface area contributed by atoms with Crippen molar-refractivity contribution in [1.82, 2.24) is 9.88 Å². The molecule has 0 aromatic carbocycles. The van der Waals surface area contributed by atoms with Crippen LogP contribution in [0.15, 0.2) is 18.3 Å². The monoisotopic (exact) mass is 378 g/mol. The summed E-state index contributed by atoms with van der Waals surface area (Å²) in [6.07, 6.45) is 8.01. The van der Waals surface area contributed by atoms with Gasteiger partial charge in [0.05, 0.1) is 25.8 Å². The summed E-state index contributed by atoms with van der Waals surface area (Å²) in [5, 5.41) is 0. The molecule has 1 saturated carbocycles. The molecule has 4 rings (SSSR count). The first kappa shape index (κ1) is 18.6. The van der Waals surface area contributed by atoms with Gasteiger partial charge in [-0.1, -0.05) is 12.8 Å². The Morgan fingerprint density at radius 2 is 2.15 bits per heavy atom. The van der Waals surface area contributed by atoms with Gasteiger partial charge in [-0.25, -0.2) is 9.37 Å². The molecule has 6 nitrogen and oxygen atoms in total. The summed E-state index contributed by atoms with van der Waals surface area (Å²) >= 11 is 0. The van der Waals surface area contributed by atoms with E-state index < -0.39 is 5.82 Å². The Labute approximate surface area is 159 Å². The molecule has 1 aliphatic carbocycles. The third-order valence-electron chi connectivity index (χ3n) is 6.04. The van der Waals surface area contributed by atoms with E-state index in [1.165, 1.54) is 25.1 Å². The number of halogens is 1. The number of hydrogen-bond acceptors (Lipinski definition) is 5. The van der Waals surface area contributed by atoms with Crippen molar-refractivity contribution in [3.05, 3.63) is 24.1 Å². The number of nitrogens with zero attached hydrogens (tertiary/aromatic N) is 2. The highest BCUT2D eigenvalue weighted by Crippen LogP contribution is 2.41. The van der Waals surface area contributed by atoms with Gasteiger partial charge in [-0.05, 0) is 43.7 Å². The van der Waals surface area contributed by atoms with Gasteiger partial charge in [0, 0.05) is 12.8 Å². The van der Waals surface area contributed by atoms with E-state index in [1.807, 2.05) is 4.90 Å². The Morgan fingerprint density at radius 3 is 2.93 bits per heavy atom. The van der Waals surface area contributed by atoms with Gasteiger partial charge in [0.15, 0.2) is 5.82 Å². The molecule has 0 bridgehead atoms. The molecule has 7 heteroatoms. The predicted octanol–water partition coefficient (Wildman–Crippen LogP) is 2.57. The number of hydrogen-bond donors (Lipinski definition) is 0. The first-order valence-corrected chi connectivity index (χ1v) is 9.93. The molecule has 0 unspecified atom stereocenters. The maximum atomic E-state index is 13.6. The van der Waals surface area contributed by atoms with Crippen molar-refractivity contribution < 1.29 is 23.4 Å². The van der Waals surface area contributed by atoms with Gasteiger partial charge >= 0.3 is 0 Å². The average molecular weight is 378 g/mol. The van der Waals surface area contributed by atoms with Crippen LogP contribution < -0.4 is 4.74 Å². The fourth-order valence-corrected chi connectivity index (χ4v) is 4.43. The molecule has 2 aliphatic heterocycles. The minimum absolute atomic E-state index is 0.0416. The quantitative estimate of drug-likeness (QED) is 0.730. The van der Waals surface area contributed by atoms with Crippen molar-refractivity contribution in [2.24, 2.45) is 5.92 Å². The van der Waals surface area contributed by atoms with Crippen molar-refractivity contribution in [2.75, 3.05) is 32.9 Å². The van der Waals surface area contributed by atoms with Crippen molar-refractivity contribution in [3.8, 4) is 5.88 Å². The third-order valence-corrected chi connectivity index (χ3v) is 6.04. The molecule has 0 radical (unpaired) electrons. The molecule has 1 aromatic rings. The maximum absolute atomic E-state index is 13.6. The molecule has 148 valence electrons. The van der Waals surface area contributed by atoms with Crippen LogP contribution in [0, 0.1) is 11.7 Å². The van der Waals surface area contributed by atoms with Crippen molar-refractivity contribution >= 4 is 5.91 Å². The van der Waals surface area contributed by atoms with E-state index in [2.05, 4.69) is 4.98 Å². The Bertz CT molecular complexity index is 659. The maximum Gasteiger partial charge on any atom is 0.250 e. The SMILES string of the molecule is O=C(COC1CCCC1)N1CC2(C1)OCC[C@@H]2CCOc1ncccc1F. The zero-order valence-electron chi connectivity index (χ0n) is 15.6. The highest BCUT2D eigenvalue weighted by atomic mass is 19.1. The second-order valence-corrected chi connectivity index (χ2v) is 7.79. The van der Waals surface area contributed by atoms with Gasteiger partial charge in [-0.15, -0.1) is 0 Å². The van der Waals surface area contributed by atoms with Gasteiger partial charge in [0.1, 0.15) is 12.2 Å². The Balaban J connectivity index is 1.22. The summed E-state index contributed by atoms with van der Waals surface area (Å²) in [6, 6.07) is 2.88. The lowest BCUT2D eigenvalue weighted by atomic mass is 9.79. The first-order valence-electron chi connectivity index (χ1n) is 9.93. The van der Waals surface area contributed by atoms with Crippen LogP contribution in [0.4, 0.5) is 4.39 Å². The van der Waals surface area contributed by atoms with Crippen molar-refractivity contribution in [2.45, 2.75) is 50.2 Å². The van der Waals surface area contributed by atoms with Gasteiger partial charge in [-0.2, -0.15) is 0 Å². The van der Waals surface area contributed by atoms with E-state index in [0.29, 0.717) is 32.2 Å². The predicted molar refractivity (Wildman–Crippen MR) is 95.9 cm³/mol. The lowest BCUT2D eigenvalue weighted by molar-refractivity contribution is -0.171. The van der Waals surface area contributed by atoms with Crippen molar-refractivity contribution in [1.29, 1.82) is 0 Å². The second-order valence-electron chi connectivity index (χ2n) is 7.79. The fourth-order valence-electron chi connectivity index (χ4n) is 4.43. The molecular weight excluding hydrogens is 351 g/mol. The van der Waals surface area contributed by atoms with E-state index in [9.17, 15) is 9.18 Å².